The predicted molar refractivity (Wildman–Crippen MR) is 92.4 cm³/mol. The average molecular weight is 356 g/mol. The van der Waals surface area contributed by atoms with E-state index in [1.807, 2.05) is 45.9 Å². The van der Waals surface area contributed by atoms with Gasteiger partial charge in [-0.15, -0.1) is 0 Å². The lowest BCUT2D eigenvalue weighted by molar-refractivity contribution is -0.123. The molecular formula is C17H26BrNO2. The van der Waals surface area contributed by atoms with Gasteiger partial charge in [-0.3, -0.25) is 4.79 Å². The van der Waals surface area contributed by atoms with Crippen LogP contribution in [0.2, 0.25) is 0 Å². The van der Waals surface area contributed by atoms with Crippen molar-refractivity contribution in [1.29, 1.82) is 0 Å². The molecule has 4 heteroatoms. The van der Waals surface area contributed by atoms with Gasteiger partial charge in [-0.2, -0.15) is 0 Å². The number of rotatable bonds is 6. The van der Waals surface area contributed by atoms with Gasteiger partial charge in [-0.25, -0.2) is 0 Å². The molecule has 0 aliphatic carbocycles. The van der Waals surface area contributed by atoms with E-state index in [2.05, 4.69) is 28.2 Å². The standard InChI is InChI=1S/C17H26BrNO2/c1-6-13(18)10-12-8-9-14(15(11-12)21-7-2)19-16(20)17(3,4)5/h8-9,11,13H,6-7,10H2,1-5H3,(H,19,20). The fourth-order valence-corrected chi connectivity index (χ4v) is 2.16. The van der Waals surface area contributed by atoms with Gasteiger partial charge in [0.15, 0.2) is 0 Å². The second-order valence-corrected chi connectivity index (χ2v) is 7.47. The van der Waals surface area contributed by atoms with Crippen LogP contribution >= 0.6 is 15.9 Å². The van der Waals surface area contributed by atoms with E-state index in [1.54, 1.807) is 0 Å². The summed E-state index contributed by atoms with van der Waals surface area (Å²) in [6.45, 7) is 10.4. The first kappa shape index (κ1) is 18.0. The van der Waals surface area contributed by atoms with Crippen molar-refractivity contribution in [2.75, 3.05) is 11.9 Å². The van der Waals surface area contributed by atoms with Crippen LogP contribution in [0.15, 0.2) is 18.2 Å². The summed E-state index contributed by atoms with van der Waals surface area (Å²) >= 11 is 3.65. The van der Waals surface area contributed by atoms with Crippen LogP contribution in [0, 0.1) is 5.41 Å². The maximum Gasteiger partial charge on any atom is 0.229 e. The number of carbonyl (C=O) groups is 1. The minimum atomic E-state index is -0.425. The Morgan fingerprint density at radius 1 is 1.33 bits per heavy atom. The molecule has 118 valence electrons. The van der Waals surface area contributed by atoms with E-state index in [4.69, 9.17) is 4.74 Å². The number of amides is 1. The van der Waals surface area contributed by atoms with Gasteiger partial charge in [-0.1, -0.05) is 49.7 Å². The van der Waals surface area contributed by atoms with E-state index < -0.39 is 5.41 Å². The van der Waals surface area contributed by atoms with Crippen molar-refractivity contribution < 1.29 is 9.53 Å². The van der Waals surface area contributed by atoms with E-state index in [0.717, 1.165) is 24.3 Å². The third-order valence-electron chi connectivity index (χ3n) is 3.18. The fraction of sp³-hybridized carbons (Fsp3) is 0.588. The lowest BCUT2D eigenvalue weighted by Crippen LogP contribution is -2.27. The third-order valence-corrected chi connectivity index (χ3v) is 4.15. The third kappa shape index (κ3) is 5.70. The normalized spacial score (nSPS) is 12.9. The summed E-state index contributed by atoms with van der Waals surface area (Å²) in [7, 11) is 0. The molecule has 0 aromatic heterocycles. The quantitative estimate of drug-likeness (QED) is 0.745. The van der Waals surface area contributed by atoms with E-state index in [-0.39, 0.29) is 5.91 Å². The van der Waals surface area contributed by atoms with Crippen molar-refractivity contribution in [3.63, 3.8) is 0 Å². The Labute approximate surface area is 136 Å². The van der Waals surface area contributed by atoms with Crippen molar-refractivity contribution >= 4 is 27.5 Å². The summed E-state index contributed by atoms with van der Waals surface area (Å²) in [5, 5.41) is 2.95. The number of anilines is 1. The van der Waals surface area contributed by atoms with Crippen LogP contribution in [0.1, 0.15) is 46.6 Å². The molecule has 0 radical (unpaired) electrons. The van der Waals surface area contributed by atoms with E-state index >= 15 is 0 Å². The molecule has 0 fully saturated rings. The SMILES string of the molecule is CCOc1cc(CC(Br)CC)ccc1NC(=O)C(C)(C)C. The van der Waals surface area contributed by atoms with Gasteiger partial charge in [0.1, 0.15) is 5.75 Å². The fourth-order valence-electron chi connectivity index (χ4n) is 1.78. The molecule has 0 spiro atoms. The average Bonchev–Trinajstić information content (AvgIpc) is 2.40. The summed E-state index contributed by atoms with van der Waals surface area (Å²) in [5.74, 6) is 0.728. The minimum Gasteiger partial charge on any atom is -0.492 e. The summed E-state index contributed by atoms with van der Waals surface area (Å²) in [6, 6.07) is 6.00. The van der Waals surface area contributed by atoms with Crippen LogP contribution in [-0.4, -0.2) is 17.3 Å². The number of alkyl halides is 1. The zero-order chi connectivity index (χ0) is 16.0. The highest BCUT2D eigenvalue weighted by Gasteiger charge is 2.22. The molecule has 0 saturated heterocycles. The molecule has 0 saturated carbocycles. The highest BCUT2D eigenvalue weighted by Crippen LogP contribution is 2.29. The molecule has 0 aliphatic heterocycles. The van der Waals surface area contributed by atoms with Gasteiger partial charge in [0.2, 0.25) is 5.91 Å². The first-order valence-corrected chi connectivity index (χ1v) is 8.40. The van der Waals surface area contributed by atoms with Crippen molar-refractivity contribution in [2.24, 2.45) is 5.41 Å². The molecule has 0 heterocycles. The van der Waals surface area contributed by atoms with Crippen LogP contribution in [0.5, 0.6) is 5.75 Å². The second kappa shape index (κ2) is 7.83. The molecule has 0 aliphatic rings. The Balaban J connectivity index is 2.96. The minimum absolute atomic E-state index is 0.0110. The lowest BCUT2D eigenvalue weighted by atomic mass is 9.95. The monoisotopic (exact) mass is 355 g/mol. The number of hydrogen-bond donors (Lipinski definition) is 1. The molecule has 1 aromatic rings. The van der Waals surface area contributed by atoms with E-state index in [9.17, 15) is 4.79 Å². The first-order valence-electron chi connectivity index (χ1n) is 7.49. The number of halogens is 1. The number of carbonyl (C=O) groups excluding carboxylic acids is 1. The Morgan fingerprint density at radius 2 is 2.00 bits per heavy atom. The van der Waals surface area contributed by atoms with Crippen molar-refractivity contribution in [3.8, 4) is 5.75 Å². The molecule has 0 bridgehead atoms. The molecule has 1 amide bonds. The van der Waals surface area contributed by atoms with Crippen LogP contribution < -0.4 is 10.1 Å². The molecule has 1 unspecified atom stereocenters. The Kier molecular flexibility index (Phi) is 6.72. The molecule has 1 rings (SSSR count). The molecule has 1 N–H and O–H groups in total. The summed E-state index contributed by atoms with van der Waals surface area (Å²) in [4.78, 5) is 12.6. The van der Waals surface area contributed by atoms with Crippen molar-refractivity contribution in [3.05, 3.63) is 23.8 Å². The van der Waals surface area contributed by atoms with Crippen LogP contribution in [-0.2, 0) is 11.2 Å². The van der Waals surface area contributed by atoms with Gasteiger partial charge >= 0.3 is 0 Å². The van der Waals surface area contributed by atoms with Crippen molar-refractivity contribution in [2.45, 2.75) is 52.3 Å². The summed E-state index contributed by atoms with van der Waals surface area (Å²) < 4.78 is 5.68. The number of ether oxygens (including phenoxy) is 1. The topological polar surface area (TPSA) is 38.3 Å². The largest absolute Gasteiger partial charge is 0.492 e. The molecule has 3 nitrogen and oxygen atoms in total. The zero-order valence-electron chi connectivity index (χ0n) is 13.6. The smallest absolute Gasteiger partial charge is 0.229 e. The van der Waals surface area contributed by atoms with Gasteiger partial charge in [0, 0.05) is 10.2 Å². The zero-order valence-corrected chi connectivity index (χ0v) is 15.2. The summed E-state index contributed by atoms with van der Waals surface area (Å²) in [5.41, 5.74) is 1.52. The summed E-state index contributed by atoms with van der Waals surface area (Å²) in [6.07, 6.45) is 2.02. The molecule has 1 aromatic carbocycles. The second-order valence-electron chi connectivity index (χ2n) is 6.18. The van der Waals surface area contributed by atoms with Gasteiger partial charge in [0.25, 0.3) is 0 Å². The lowest BCUT2D eigenvalue weighted by Gasteiger charge is -2.20. The Hall–Kier alpha value is -1.03. The number of hydrogen-bond acceptors (Lipinski definition) is 2. The molecule has 21 heavy (non-hydrogen) atoms. The van der Waals surface area contributed by atoms with Crippen LogP contribution in [0.3, 0.4) is 0 Å². The first-order chi connectivity index (χ1) is 9.77. The maximum absolute atomic E-state index is 12.1. The van der Waals surface area contributed by atoms with Crippen LogP contribution in [0.4, 0.5) is 5.69 Å². The molecule has 1 atom stereocenters. The van der Waals surface area contributed by atoms with Gasteiger partial charge < -0.3 is 10.1 Å². The van der Waals surface area contributed by atoms with E-state index in [1.165, 1.54) is 5.56 Å². The van der Waals surface area contributed by atoms with Crippen molar-refractivity contribution in [1.82, 2.24) is 0 Å². The predicted octanol–water partition coefficient (Wildman–Crippen LogP) is 4.79. The number of nitrogens with one attached hydrogen (secondary N) is 1. The highest BCUT2D eigenvalue weighted by atomic mass is 79.9. The Bertz CT molecular complexity index is 480. The number of benzene rings is 1. The Morgan fingerprint density at radius 3 is 2.52 bits per heavy atom. The van der Waals surface area contributed by atoms with Crippen LogP contribution in [0.25, 0.3) is 0 Å². The van der Waals surface area contributed by atoms with E-state index in [0.29, 0.717) is 11.4 Å². The van der Waals surface area contributed by atoms with Gasteiger partial charge in [0.05, 0.1) is 12.3 Å². The highest BCUT2D eigenvalue weighted by molar-refractivity contribution is 9.09. The van der Waals surface area contributed by atoms with Gasteiger partial charge in [-0.05, 0) is 37.5 Å². The molecular weight excluding hydrogens is 330 g/mol. The maximum atomic E-state index is 12.1.